The molecule has 88 valence electrons. The number of carbonyl (C=O) groups is 1. The summed E-state index contributed by atoms with van der Waals surface area (Å²) in [5.74, 6) is -1.37. The normalized spacial score (nSPS) is 20.5. The minimum absolute atomic E-state index is 0.0707. The second-order valence-corrected chi connectivity index (χ2v) is 5.62. The van der Waals surface area contributed by atoms with E-state index in [0.717, 1.165) is 19.5 Å². The van der Waals surface area contributed by atoms with E-state index in [1.54, 1.807) is 4.90 Å². The zero-order valence-electron chi connectivity index (χ0n) is 10.0. The molecule has 0 aromatic rings. The fourth-order valence-electron chi connectivity index (χ4n) is 1.77. The van der Waals surface area contributed by atoms with Crippen molar-refractivity contribution in [2.45, 2.75) is 46.3 Å². The fourth-order valence-corrected chi connectivity index (χ4v) is 1.77. The molecular weight excluding hydrogens is 194 g/mol. The van der Waals surface area contributed by atoms with Crippen molar-refractivity contribution in [3.63, 3.8) is 0 Å². The summed E-state index contributed by atoms with van der Waals surface area (Å²) in [6.45, 7) is 9.02. The maximum absolute atomic E-state index is 11.5. The van der Waals surface area contributed by atoms with Gasteiger partial charge in [0.1, 0.15) is 0 Å². The maximum Gasteiger partial charge on any atom is 0.412 e. The van der Waals surface area contributed by atoms with E-state index in [1.165, 1.54) is 6.92 Å². The largest absolute Gasteiger partial charge is 0.417 e. The number of nitrogens with zero attached hydrogens (tertiary/aromatic N) is 1. The number of likely N-dealkylation sites (tertiary alicyclic amines) is 1. The first-order valence-corrected chi connectivity index (χ1v) is 5.40. The molecule has 1 rings (SSSR count). The van der Waals surface area contributed by atoms with Crippen molar-refractivity contribution >= 4 is 6.09 Å². The highest BCUT2D eigenvalue weighted by atomic mass is 16.7. The van der Waals surface area contributed by atoms with Crippen molar-refractivity contribution in [2.75, 3.05) is 13.1 Å². The Hall–Kier alpha value is -0.770. The van der Waals surface area contributed by atoms with Gasteiger partial charge in [-0.2, -0.15) is 0 Å². The van der Waals surface area contributed by atoms with Crippen LogP contribution in [0.5, 0.6) is 0 Å². The highest BCUT2D eigenvalue weighted by Gasteiger charge is 2.34. The van der Waals surface area contributed by atoms with Crippen LogP contribution in [0.1, 0.15) is 40.5 Å². The van der Waals surface area contributed by atoms with E-state index in [4.69, 9.17) is 4.74 Å². The van der Waals surface area contributed by atoms with E-state index in [2.05, 4.69) is 0 Å². The van der Waals surface area contributed by atoms with E-state index in [-0.39, 0.29) is 5.41 Å². The van der Waals surface area contributed by atoms with Gasteiger partial charge in [0.15, 0.2) is 0 Å². The molecule has 1 unspecified atom stereocenters. The summed E-state index contributed by atoms with van der Waals surface area (Å²) in [5, 5.41) is 9.92. The van der Waals surface area contributed by atoms with E-state index >= 15 is 0 Å². The van der Waals surface area contributed by atoms with Gasteiger partial charge < -0.3 is 14.7 Å². The topological polar surface area (TPSA) is 49.8 Å². The molecule has 4 nitrogen and oxygen atoms in total. The second kappa shape index (κ2) is 4.00. The summed E-state index contributed by atoms with van der Waals surface area (Å²) in [7, 11) is 0. The molecular formula is C11H21NO3. The van der Waals surface area contributed by atoms with Gasteiger partial charge >= 0.3 is 6.09 Å². The summed E-state index contributed by atoms with van der Waals surface area (Å²) in [6, 6.07) is 0. The second-order valence-electron chi connectivity index (χ2n) is 5.62. The molecule has 1 N–H and O–H groups in total. The highest BCUT2D eigenvalue weighted by Crippen LogP contribution is 2.28. The van der Waals surface area contributed by atoms with Gasteiger partial charge in [0.25, 0.3) is 0 Å². The van der Waals surface area contributed by atoms with E-state index in [9.17, 15) is 9.90 Å². The van der Waals surface area contributed by atoms with Gasteiger partial charge in [0.05, 0.1) is 0 Å². The van der Waals surface area contributed by atoms with Gasteiger partial charge in [-0.25, -0.2) is 4.79 Å². The van der Waals surface area contributed by atoms with Crippen LogP contribution in [-0.4, -0.2) is 35.0 Å². The predicted molar refractivity (Wildman–Crippen MR) is 57.4 cm³/mol. The van der Waals surface area contributed by atoms with Gasteiger partial charge in [-0.05, 0) is 11.8 Å². The van der Waals surface area contributed by atoms with Gasteiger partial charge in [0, 0.05) is 26.4 Å². The molecule has 0 aliphatic carbocycles. The monoisotopic (exact) mass is 215 g/mol. The Kier molecular flexibility index (Phi) is 3.28. The molecule has 1 aliphatic heterocycles. The van der Waals surface area contributed by atoms with Crippen molar-refractivity contribution in [1.29, 1.82) is 0 Å². The fraction of sp³-hybridized carbons (Fsp3) is 0.909. The molecule has 1 heterocycles. The Labute approximate surface area is 91.2 Å². The van der Waals surface area contributed by atoms with E-state index < -0.39 is 11.9 Å². The Morgan fingerprint density at radius 1 is 1.33 bits per heavy atom. The molecule has 0 spiro atoms. The molecule has 0 radical (unpaired) electrons. The van der Waals surface area contributed by atoms with Crippen molar-refractivity contribution in [2.24, 2.45) is 5.41 Å². The summed E-state index contributed by atoms with van der Waals surface area (Å²) < 4.78 is 5.06. The Bertz CT molecular complexity index is 239. The van der Waals surface area contributed by atoms with Crippen molar-refractivity contribution < 1.29 is 14.6 Å². The molecule has 1 saturated heterocycles. The lowest BCUT2D eigenvalue weighted by atomic mass is 9.88. The zero-order valence-corrected chi connectivity index (χ0v) is 10.0. The number of aliphatic hydroxyl groups is 1. The first-order chi connectivity index (χ1) is 6.70. The van der Waals surface area contributed by atoms with Crippen LogP contribution in [0.3, 0.4) is 0 Å². The van der Waals surface area contributed by atoms with Crippen LogP contribution in [0.4, 0.5) is 4.79 Å². The maximum atomic E-state index is 11.5. The Balaban J connectivity index is 2.44. The summed E-state index contributed by atoms with van der Waals surface area (Å²) in [4.78, 5) is 13.1. The minimum Gasteiger partial charge on any atom is -0.417 e. The number of ether oxygens (including phenoxy) is 1. The number of hydrogen-bond acceptors (Lipinski definition) is 3. The number of amides is 1. The number of hydrogen-bond donors (Lipinski definition) is 1. The molecule has 4 heteroatoms. The van der Waals surface area contributed by atoms with Gasteiger partial charge in [0.2, 0.25) is 5.79 Å². The first kappa shape index (κ1) is 12.3. The van der Waals surface area contributed by atoms with E-state index in [0.29, 0.717) is 6.42 Å². The van der Waals surface area contributed by atoms with Crippen LogP contribution in [0.2, 0.25) is 0 Å². The van der Waals surface area contributed by atoms with Crippen LogP contribution >= 0.6 is 0 Å². The molecule has 15 heavy (non-hydrogen) atoms. The third kappa shape index (κ3) is 4.08. The molecule has 0 bridgehead atoms. The zero-order chi connectivity index (χ0) is 11.7. The Morgan fingerprint density at radius 3 is 2.20 bits per heavy atom. The third-order valence-electron chi connectivity index (χ3n) is 2.28. The SMILES string of the molecule is CC(C)(C)CC(C)(O)OC(=O)N1CCC1. The van der Waals surface area contributed by atoms with Crippen molar-refractivity contribution in [3.8, 4) is 0 Å². The standard InChI is InChI=1S/C11H21NO3/c1-10(2,3)8-11(4,14)15-9(13)12-6-5-7-12/h14H,5-8H2,1-4H3. The van der Waals surface area contributed by atoms with Crippen LogP contribution < -0.4 is 0 Å². The minimum atomic E-state index is -1.37. The van der Waals surface area contributed by atoms with Crippen LogP contribution in [-0.2, 0) is 4.74 Å². The number of carbonyl (C=O) groups excluding carboxylic acids is 1. The number of rotatable bonds is 2. The summed E-state index contributed by atoms with van der Waals surface area (Å²) in [5.41, 5.74) is -0.0707. The first-order valence-electron chi connectivity index (χ1n) is 5.40. The summed E-state index contributed by atoms with van der Waals surface area (Å²) >= 11 is 0. The van der Waals surface area contributed by atoms with Crippen molar-refractivity contribution in [3.05, 3.63) is 0 Å². The third-order valence-corrected chi connectivity index (χ3v) is 2.28. The molecule has 1 fully saturated rings. The molecule has 0 aromatic carbocycles. The van der Waals surface area contributed by atoms with Crippen LogP contribution in [0, 0.1) is 5.41 Å². The lowest BCUT2D eigenvalue weighted by Crippen LogP contribution is -2.47. The quantitative estimate of drug-likeness (QED) is 0.716. The van der Waals surface area contributed by atoms with E-state index in [1.807, 2.05) is 20.8 Å². The molecule has 1 atom stereocenters. The lowest BCUT2D eigenvalue weighted by molar-refractivity contribution is -0.174. The average molecular weight is 215 g/mol. The van der Waals surface area contributed by atoms with Gasteiger partial charge in [-0.1, -0.05) is 20.8 Å². The molecule has 1 amide bonds. The lowest BCUT2D eigenvalue weighted by Gasteiger charge is -2.35. The summed E-state index contributed by atoms with van der Waals surface area (Å²) in [6.07, 6.45) is 1.05. The van der Waals surface area contributed by atoms with Gasteiger partial charge in [-0.3, -0.25) is 0 Å². The average Bonchev–Trinajstić information content (AvgIpc) is 1.71. The van der Waals surface area contributed by atoms with Crippen LogP contribution in [0.15, 0.2) is 0 Å². The van der Waals surface area contributed by atoms with Crippen LogP contribution in [0.25, 0.3) is 0 Å². The van der Waals surface area contributed by atoms with Crippen molar-refractivity contribution in [1.82, 2.24) is 4.90 Å². The molecule has 1 aliphatic rings. The predicted octanol–water partition coefficient (Wildman–Crippen LogP) is 1.97. The smallest absolute Gasteiger partial charge is 0.412 e. The molecule has 0 aromatic heterocycles. The Morgan fingerprint density at radius 2 is 1.87 bits per heavy atom. The van der Waals surface area contributed by atoms with Gasteiger partial charge in [-0.15, -0.1) is 0 Å². The highest BCUT2D eigenvalue weighted by molar-refractivity contribution is 5.68. The molecule has 0 saturated carbocycles.